The Balaban J connectivity index is 0.00000225. The highest BCUT2D eigenvalue weighted by molar-refractivity contribution is 5.85. The monoisotopic (exact) mass is 243 g/mol. The van der Waals surface area contributed by atoms with Gasteiger partial charge in [0.25, 0.3) is 0 Å². The molecule has 0 bridgehead atoms. The topological polar surface area (TPSA) is 55.5 Å². The smallest absolute Gasteiger partial charge is 0.124 e. The quantitative estimate of drug-likeness (QED) is 0.782. The van der Waals surface area contributed by atoms with E-state index in [-0.39, 0.29) is 24.2 Å². The van der Waals surface area contributed by atoms with Crippen molar-refractivity contribution in [3.05, 3.63) is 36.4 Å². The fraction of sp³-hybridized carbons (Fsp3) is 0.333. The molecule has 3 N–H and O–H groups in total. The van der Waals surface area contributed by atoms with Crippen molar-refractivity contribution in [3.63, 3.8) is 0 Å². The first-order valence-corrected chi connectivity index (χ1v) is 4.92. The summed E-state index contributed by atoms with van der Waals surface area (Å²) in [5.41, 5.74) is 6.67. The molecule has 1 aromatic carbocycles. The Morgan fingerprint density at radius 2 is 2.25 bits per heavy atom. The lowest BCUT2D eigenvalue weighted by atomic mass is 10.0. The highest BCUT2D eigenvalue weighted by Gasteiger charge is 2.10. The number of ether oxygens (including phenoxy) is 1. The van der Waals surface area contributed by atoms with Gasteiger partial charge in [-0.3, -0.25) is 0 Å². The number of methoxy groups -OCH3 is 1. The first kappa shape index (κ1) is 14.8. The Bertz CT molecular complexity index is 342. The molecular formula is C12H18ClNO2. The summed E-state index contributed by atoms with van der Waals surface area (Å²) in [5, 5.41) is 9.71. The molecule has 1 rings (SSSR count). The summed E-state index contributed by atoms with van der Waals surface area (Å²) < 4.78 is 4.99. The molecule has 0 saturated heterocycles. The Morgan fingerprint density at radius 1 is 1.56 bits per heavy atom. The van der Waals surface area contributed by atoms with E-state index in [9.17, 15) is 5.11 Å². The normalized spacial score (nSPS) is 11.4. The number of halogens is 1. The summed E-state index contributed by atoms with van der Waals surface area (Å²) in [5.74, 6) is 0.818. The average molecular weight is 244 g/mol. The minimum Gasteiger partial charge on any atom is -0.507 e. The van der Waals surface area contributed by atoms with E-state index < -0.39 is 0 Å². The molecule has 4 heteroatoms. The number of rotatable bonds is 5. The van der Waals surface area contributed by atoms with Gasteiger partial charge in [-0.1, -0.05) is 12.1 Å². The van der Waals surface area contributed by atoms with Crippen molar-refractivity contribution >= 4 is 12.4 Å². The number of hydrogen-bond acceptors (Lipinski definition) is 3. The molecule has 0 heterocycles. The molecule has 0 aliphatic heterocycles. The minimum absolute atomic E-state index is 0. The van der Waals surface area contributed by atoms with Crippen LogP contribution in [0.5, 0.6) is 11.5 Å². The van der Waals surface area contributed by atoms with Gasteiger partial charge in [0.05, 0.1) is 7.11 Å². The van der Waals surface area contributed by atoms with E-state index in [0.29, 0.717) is 5.75 Å². The molecule has 16 heavy (non-hydrogen) atoms. The number of aromatic hydroxyl groups is 1. The molecule has 3 nitrogen and oxygen atoms in total. The molecule has 0 amide bonds. The lowest BCUT2D eigenvalue weighted by Crippen LogP contribution is -2.09. The van der Waals surface area contributed by atoms with Crippen LogP contribution in [0.15, 0.2) is 30.9 Å². The van der Waals surface area contributed by atoms with E-state index >= 15 is 0 Å². The highest BCUT2D eigenvalue weighted by Crippen LogP contribution is 2.29. The average Bonchev–Trinajstić information content (AvgIpc) is 2.25. The first-order chi connectivity index (χ1) is 7.19. The van der Waals surface area contributed by atoms with Crippen molar-refractivity contribution in [2.24, 2.45) is 5.73 Å². The van der Waals surface area contributed by atoms with Crippen molar-refractivity contribution in [2.45, 2.75) is 18.9 Å². The summed E-state index contributed by atoms with van der Waals surface area (Å²) in [6, 6.07) is 5.00. The van der Waals surface area contributed by atoms with E-state index in [1.165, 1.54) is 0 Å². The number of hydrogen-bond donors (Lipinski definition) is 2. The fourth-order valence-corrected chi connectivity index (χ4v) is 1.42. The van der Waals surface area contributed by atoms with Crippen molar-refractivity contribution in [2.75, 3.05) is 7.11 Å². The Hall–Kier alpha value is -1.19. The highest BCUT2D eigenvalue weighted by atomic mass is 35.5. The van der Waals surface area contributed by atoms with Crippen LogP contribution in [0.3, 0.4) is 0 Å². The molecule has 1 atom stereocenters. The lowest BCUT2D eigenvalue weighted by molar-refractivity contribution is 0.405. The summed E-state index contributed by atoms with van der Waals surface area (Å²) >= 11 is 0. The SMILES string of the molecule is C=CCC[C@H](N)c1ccc(OC)cc1O.Cl. The second kappa shape index (κ2) is 7.14. The van der Waals surface area contributed by atoms with Gasteiger partial charge in [0.15, 0.2) is 0 Å². The third-order valence-corrected chi connectivity index (χ3v) is 2.32. The summed E-state index contributed by atoms with van der Waals surface area (Å²) in [6.45, 7) is 3.64. The van der Waals surface area contributed by atoms with Crippen LogP contribution < -0.4 is 10.5 Å². The first-order valence-electron chi connectivity index (χ1n) is 4.92. The molecule has 0 fully saturated rings. The molecule has 0 aliphatic carbocycles. The second-order valence-corrected chi connectivity index (χ2v) is 3.40. The molecule has 0 spiro atoms. The van der Waals surface area contributed by atoms with Crippen LogP contribution in [-0.2, 0) is 0 Å². The van der Waals surface area contributed by atoms with Crippen LogP contribution in [0.1, 0.15) is 24.4 Å². The molecule has 90 valence electrons. The maximum Gasteiger partial charge on any atom is 0.124 e. The van der Waals surface area contributed by atoms with Crippen LogP contribution in [0.4, 0.5) is 0 Å². The van der Waals surface area contributed by atoms with Gasteiger partial charge >= 0.3 is 0 Å². The number of benzene rings is 1. The molecule has 1 aromatic rings. The van der Waals surface area contributed by atoms with Gasteiger partial charge in [0, 0.05) is 17.7 Å². The number of nitrogens with two attached hydrogens (primary N) is 1. The molecular weight excluding hydrogens is 226 g/mol. The zero-order chi connectivity index (χ0) is 11.3. The lowest BCUT2D eigenvalue weighted by Gasteiger charge is -2.13. The zero-order valence-electron chi connectivity index (χ0n) is 9.35. The number of phenolic OH excluding ortho intramolecular Hbond substituents is 1. The van der Waals surface area contributed by atoms with Crippen LogP contribution in [0.2, 0.25) is 0 Å². The van der Waals surface area contributed by atoms with E-state index in [0.717, 1.165) is 18.4 Å². The van der Waals surface area contributed by atoms with Crippen LogP contribution in [0.25, 0.3) is 0 Å². The number of phenols is 1. The number of allylic oxidation sites excluding steroid dienone is 1. The van der Waals surface area contributed by atoms with Crippen molar-refractivity contribution in [1.29, 1.82) is 0 Å². The van der Waals surface area contributed by atoms with Crippen molar-refractivity contribution in [1.82, 2.24) is 0 Å². The summed E-state index contributed by atoms with van der Waals surface area (Å²) in [4.78, 5) is 0. The third kappa shape index (κ3) is 3.76. The van der Waals surface area contributed by atoms with Gasteiger partial charge < -0.3 is 15.6 Å². The van der Waals surface area contributed by atoms with E-state index in [1.807, 2.05) is 6.08 Å². The zero-order valence-corrected chi connectivity index (χ0v) is 10.2. The molecule has 0 aromatic heterocycles. The van der Waals surface area contributed by atoms with Crippen LogP contribution >= 0.6 is 12.4 Å². The van der Waals surface area contributed by atoms with Gasteiger partial charge in [0.2, 0.25) is 0 Å². The van der Waals surface area contributed by atoms with Crippen LogP contribution in [0, 0.1) is 0 Å². The summed E-state index contributed by atoms with van der Waals surface area (Å²) in [7, 11) is 1.56. The molecule has 0 unspecified atom stereocenters. The standard InChI is InChI=1S/C12H17NO2.ClH/c1-3-4-5-11(13)10-7-6-9(15-2)8-12(10)14;/h3,6-8,11,14H,1,4-5,13H2,2H3;1H/t11-;/m0./s1. The van der Waals surface area contributed by atoms with Crippen molar-refractivity contribution in [3.8, 4) is 11.5 Å². The Morgan fingerprint density at radius 3 is 2.75 bits per heavy atom. The van der Waals surface area contributed by atoms with Gasteiger partial charge in [-0.2, -0.15) is 0 Å². The van der Waals surface area contributed by atoms with Gasteiger partial charge in [0.1, 0.15) is 11.5 Å². The summed E-state index contributed by atoms with van der Waals surface area (Å²) in [6.07, 6.45) is 3.44. The van der Waals surface area contributed by atoms with Crippen molar-refractivity contribution < 1.29 is 9.84 Å². The predicted octanol–water partition coefficient (Wildman–Crippen LogP) is 2.79. The Labute approximate surface area is 102 Å². The van der Waals surface area contributed by atoms with E-state index in [4.69, 9.17) is 10.5 Å². The van der Waals surface area contributed by atoms with Gasteiger partial charge in [-0.15, -0.1) is 19.0 Å². The minimum atomic E-state index is -0.158. The van der Waals surface area contributed by atoms with E-state index in [2.05, 4.69) is 6.58 Å². The van der Waals surface area contributed by atoms with Gasteiger partial charge in [-0.25, -0.2) is 0 Å². The molecule has 0 aliphatic rings. The van der Waals surface area contributed by atoms with Gasteiger partial charge in [-0.05, 0) is 18.9 Å². The second-order valence-electron chi connectivity index (χ2n) is 3.40. The third-order valence-electron chi connectivity index (χ3n) is 2.32. The van der Waals surface area contributed by atoms with Crippen LogP contribution in [-0.4, -0.2) is 12.2 Å². The fourth-order valence-electron chi connectivity index (χ4n) is 1.42. The Kier molecular flexibility index (Phi) is 6.61. The largest absolute Gasteiger partial charge is 0.507 e. The maximum absolute atomic E-state index is 9.71. The maximum atomic E-state index is 9.71. The molecule has 0 radical (unpaired) electrons. The predicted molar refractivity (Wildman–Crippen MR) is 68.3 cm³/mol. The van der Waals surface area contributed by atoms with E-state index in [1.54, 1.807) is 25.3 Å². The molecule has 0 saturated carbocycles.